The van der Waals surface area contributed by atoms with E-state index in [2.05, 4.69) is 28.2 Å². The van der Waals surface area contributed by atoms with Gasteiger partial charge in [-0.05, 0) is 54.8 Å². The summed E-state index contributed by atoms with van der Waals surface area (Å²) in [6.07, 6.45) is 0.962. The van der Waals surface area contributed by atoms with Gasteiger partial charge < -0.3 is 5.32 Å². The van der Waals surface area contributed by atoms with E-state index in [1.807, 2.05) is 6.07 Å². The number of aryl methyl sites for hydroxylation is 1. The second-order valence-corrected chi connectivity index (χ2v) is 5.92. The maximum atomic E-state index is 13.8. The second kappa shape index (κ2) is 7.14. The molecule has 0 fully saturated rings. The van der Waals surface area contributed by atoms with E-state index in [-0.39, 0.29) is 17.7 Å². The summed E-state index contributed by atoms with van der Waals surface area (Å²) in [5.74, 6) is -0.524. The van der Waals surface area contributed by atoms with Crippen molar-refractivity contribution in [2.24, 2.45) is 0 Å². The van der Waals surface area contributed by atoms with Crippen molar-refractivity contribution in [2.75, 3.05) is 6.54 Å². The summed E-state index contributed by atoms with van der Waals surface area (Å²) in [7, 11) is 0. The van der Waals surface area contributed by atoms with Crippen LogP contribution in [-0.4, -0.2) is 6.54 Å². The lowest BCUT2D eigenvalue weighted by atomic mass is 9.97. The zero-order chi connectivity index (χ0) is 15.4. The van der Waals surface area contributed by atoms with Gasteiger partial charge in [0.2, 0.25) is 0 Å². The maximum Gasteiger partial charge on any atom is 0.126 e. The number of hydrogen-bond donors (Lipinski definition) is 1. The highest BCUT2D eigenvalue weighted by atomic mass is 79.9. The quantitative estimate of drug-likeness (QED) is 0.785. The summed E-state index contributed by atoms with van der Waals surface area (Å²) in [5.41, 5.74) is 2.35. The van der Waals surface area contributed by atoms with Gasteiger partial charge in [0.1, 0.15) is 11.6 Å². The molecule has 2 rings (SSSR count). The number of rotatable bonds is 5. The van der Waals surface area contributed by atoms with E-state index in [0.29, 0.717) is 10.0 Å². The van der Waals surface area contributed by atoms with E-state index in [4.69, 9.17) is 0 Å². The molecule has 0 heterocycles. The smallest absolute Gasteiger partial charge is 0.126 e. The minimum absolute atomic E-state index is 0.171. The van der Waals surface area contributed by atoms with Crippen molar-refractivity contribution in [3.63, 3.8) is 0 Å². The Labute approximate surface area is 132 Å². The molecule has 0 saturated heterocycles. The molecule has 1 unspecified atom stereocenters. The fourth-order valence-electron chi connectivity index (χ4n) is 2.22. The van der Waals surface area contributed by atoms with Crippen molar-refractivity contribution >= 4 is 15.9 Å². The van der Waals surface area contributed by atoms with Gasteiger partial charge in [0.15, 0.2) is 0 Å². The molecular formula is C17H18BrF2N. The first kappa shape index (κ1) is 16.1. The molecular weight excluding hydrogens is 336 g/mol. The van der Waals surface area contributed by atoms with Crippen LogP contribution in [0, 0.1) is 18.6 Å². The van der Waals surface area contributed by atoms with Crippen molar-refractivity contribution in [1.29, 1.82) is 0 Å². The third-order valence-corrected chi connectivity index (χ3v) is 4.09. The van der Waals surface area contributed by atoms with Crippen molar-refractivity contribution in [2.45, 2.75) is 26.3 Å². The van der Waals surface area contributed by atoms with Crippen LogP contribution in [0.3, 0.4) is 0 Å². The molecule has 112 valence electrons. The van der Waals surface area contributed by atoms with E-state index in [1.54, 1.807) is 25.1 Å². The Kier molecular flexibility index (Phi) is 5.48. The third-order valence-electron chi connectivity index (χ3n) is 3.40. The van der Waals surface area contributed by atoms with Gasteiger partial charge in [-0.25, -0.2) is 8.78 Å². The molecule has 0 bridgehead atoms. The first-order valence-electron chi connectivity index (χ1n) is 6.97. The minimum Gasteiger partial charge on any atom is -0.306 e. The molecule has 0 saturated carbocycles. The van der Waals surface area contributed by atoms with Gasteiger partial charge in [-0.15, -0.1) is 0 Å². The number of halogens is 3. The third kappa shape index (κ3) is 3.89. The topological polar surface area (TPSA) is 12.0 Å². The zero-order valence-electron chi connectivity index (χ0n) is 12.1. The fraction of sp³-hybridized carbons (Fsp3) is 0.294. The van der Waals surface area contributed by atoms with Crippen molar-refractivity contribution in [3.8, 4) is 0 Å². The highest BCUT2D eigenvalue weighted by molar-refractivity contribution is 9.10. The lowest BCUT2D eigenvalue weighted by Gasteiger charge is -2.21. The Bertz CT molecular complexity index is 628. The van der Waals surface area contributed by atoms with Crippen LogP contribution < -0.4 is 5.32 Å². The fourth-order valence-corrected chi connectivity index (χ4v) is 2.80. The van der Waals surface area contributed by atoms with E-state index in [1.165, 1.54) is 12.1 Å². The van der Waals surface area contributed by atoms with Crippen LogP contribution >= 0.6 is 15.9 Å². The van der Waals surface area contributed by atoms with Crippen LogP contribution in [0.4, 0.5) is 8.78 Å². The van der Waals surface area contributed by atoms with E-state index >= 15 is 0 Å². The van der Waals surface area contributed by atoms with Crippen LogP contribution in [0.25, 0.3) is 0 Å². The Morgan fingerprint density at radius 3 is 2.52 bits per heavy atom. The second-order valence-electron chi connectivity index (χ2n) is 5.06. The van der Waals surface area contributed by atoms with Gasteiger partial charge in [0, 0.05) is 4.47 Å². The van der Waals surface area contributed by atoms with Gasteiger partial charge in [-0.2, -0.15) is 0 Å². The normalized spacial score (nSPS) is 12.4. The van der Waals surface area contributed by atoms with E-state index in [0.717, 1.165) is 24.1 Å². The maximum absolute atomic E-state index is 13.8. The lowest BCUT2D eigenvalue weighted by molar-refractivity contribution is 0.578. The average molecular weight is 354 g/mol. The molecule has 0 aromatic heterocycles. The number of hydrogen-bond acceptors (Lipinski definition) is 1. The van der Waals surface area contributed by atoms with Gasteiger partial charge in [-0.1, -0.05) is 41.1 Å². The van der Waals surface area contributed by atoms with Gasteiger partial charge in [0.25, 0.3) is 0 Å². The molecule has 0 aliphatic rings. The molecule has 0 amide bonds. The SMILES string of the molecule is CCCNC(c1ccc(C)c(F)c1)c1ccc(F)cc1Br. The molecule has 4 heteroatoms. The highest BCUT2D eigenvalue weighted by Gasteiger charge is 2.17. The van der Waals surface area contributed by atoms with Crippen LogP contribution in [-0.2, 0) is 0 Å². The molecule has 1 N–H and O–H groups in total. The highest BCUT2D eigenvalue weighted by Crippen LogP contribution is 2.30. The zero-order valence-corrected chi connectivity index (χ0v) is 13.7. The number of benzene rings is 2. The molecule has 1 atom stereocenters. The van der Waals surface area contributed by atoms with Crippen LogP contribution in [0.15, 0.2) is 40.9 Å². The minimum atomic E-state index is -0.296. The molecule has 0 aliphatic carbocycles. The first-order valence-corrected chi connectivity index (χ1v) is 7.76. The van der Waals surface area contributed by atoms with Crippen molar-refractivity contribution in [1.82, 2.24) is 5.32 Å². The standard InChI is InChI=1S/C17H18BrF2N/c1-3-8-21-17(12-5-4-11(2)16(20)9-12)14-7-6-13(19)10-15(14)18/h4-7,9-10,17,21H,3,8H2,1-2H3. The van der Waals surface area contributed by atoms with Gasteiger partial charge >= 0.3 is 0 Å². The van der Waals surface area contributed by atoms with Gasteiger partial charge in [0.05, 0.1) is 6.04 Å². The van der Waals surface area contributed by atoms with Crippen LogP contribution in [0.2, 0.25) is 0 Å². The predicted octanol–water partition coefficient (Wildman–Crippen LogP) is 5.12. The van der Waals surface area contributed by atoms with Crippen LogP contribution in [0.1, 0.15) is 36.1 Å². The lowest BCUT2D eigenvalue weighted by Crippen LogP contribution is -2.23. The molecule has 0 spiro atoms. The molecule has 2 aromatic carbocycles. The summed E-state index contributed by atoms with van der Waals surface area (Å²) in [4.78, 5) is 0. The molecule has 2 aromatic rings. The molecule has 0 radical (unpaired) electrons. The average Bonchev–Trinajstić information content (AvgIpc) is 2.44. The Balaban J connectivity index is 2.44. The van der Waals surface area contributed by atoms with E-state index < -0.39 is 0 Å². The van der Waals surface area contributed by atoms with Crippen LogP contribution in [0.5, 0.6) is 0 Å². The van der Waals surface area contributed by atoms with Crippen molar-refractivity contribution < 1.29 is 8.78 Å². The largest absolute Gasteiger partial charge is 0.306 e. The predicted molar refractivity (Wildman–Crippen MR) is 85.4 cm³/mol. The van der Waals surface area contributed by atoms with E-state index in [9.17, 15) is 8.78 Å². The Morgan fingerprint density at radius 1 is 1.14 bits per heavy atom. The van der Waals surface area contributed by atoms with Crippen molar-refractivity contribution in [3.05, 3.63) is 69.2 Å². The summed E-state index contributed by atoms with van der Waals surface area (Å²) in [5, 5.41) is 3.39. The molecule has 1 nitrogen and oxygen atoms in total. The summed E-state index contributed by atoms with van der Waals surface area (Å²) >= 11 is 3.40. The molecule has 21 heavy (non-hydrogen) atoms. The summed E-state index contributed by atoms with van der Waals surface area (Å²) in [6, 6.07) is 9.62. The number of nitrogens with one attached hydrogen (secondary N) is 1. The first-order chi connectivity index (χ1) is 10.0. The Morgan fingerprint density at radius 2 is 1.90 bits per heavy atom. The Hall–Kier alpha value is -1.26. The molecule has 0 aliphatic heterocycles. The monoisotopic (exact) mass is 353 g/mol. The summed E-state index contributed by atoms with van der Waals surface area (Å²) < 4.78 is 27.8. The summed E-state index contributed by atoms with van der Waals surface area (Å²) in [6.45, 7) is 4.60. The van der Waals surface area contributed by atoms with Gasteiger partial charge in [-0.3, -0.25) is 0 Å².